The van der Waals surface area contributed by atoms with Gasteiger partial charge >= 0.3 is 0 Å². The fourth-order valence-electron chi connectivity index (χ4n) is 1.13. The Kier molecular flexibility index (Phi) is 10.7. The summed E-state index contributed by atoms with van der Waals surface area (Å²) in [6.07, 6.45) is 0. The van der Waals surface area contributed by atoms with E-state index in [-0.39, 0.29) is 0 Å². The Hall–Kier alpha value is -0.200. The Bertz CT molecular complexity index is 109. The molecule has 0 aromatic carbocycles. The summed E-state index contributed by atoms with van der Waals surface area (Å²) in [6, 6.07) is 0. The van der Waals surface area contributed by atoms with E-state index in [0.717, 1.165) is 45.8 Å². The standard InChI is InChI=1S/C9H25N5/c1-14(8-3-11)9-7-13-6-5-12-4-2-10/h12-13H,2-11H2,1H3. The zero-order valence-corrected chi connectivity index (χ0v) is 9.26. The van der Waals surface area contributed by atoms with E-state index in [1.54, 1.807) is 0 Å². The Labute approximate surface area is 87.2 Å². The van der Waals surface area contributed by atoms with Crippen molar-refractivity contribution >= 4 is 0 Å². The molecule has 0 unspecified atom stereocenters. The number of nitrogens with two attached hydrogens (primary N) is 2. The van der Waals surface area contributed by atoms with Gasteiger partial charge in [0.2, 0.25) is 0 Å². The molecule has 0 atom stereocenters. The maximum Gasteiger partial charge on any atom is 0.0104 e. The lowest BCUT2D eigenvalue weighted by molar-refractivity contribution is 0.340. The third-order valence-corrected chi connectivity index (χ3v) is 1.98. The topological polar surface area (TPSA) is 79.3 Å². The van der Waals surface area contributed by atoms with Crippen molar-refractivity contribution in [1.29, 1.82) is 0 Å². The minimum absolute atomic E-state index is 0.708. The molecule has 0 aromatic rings. The monoisotopic (exact) mass is 203 g/mol. The Morgan fingerprint density at radius 2 is 1.50 bits per heavy atom. The van der Waals surface area contributed by atoms with Crippen LogP contribution in [0.1, 0.15) is 0 Å². The number of nitrogens with one attached hydrogen (secondary N) is 2. The smallest absolute Gasteiger partial charge is 0.0104 e. The van der Waals surface area contributed by atoms with Crippen molar-refractivity contribution in [1.82, 2.24) is 15.5 Å². The normalized spacial score (nSPS) is 11.1. The third-order valence-electron chi connectivity index (χ3n) is 1.98. The summed E-state index contributed by atoms with van der Waals surface area (Å²) in [5, 5.41) is 6.58. The Morgan fingerprint density at radius 3 is 2.07 bits per heavy atom. The maximum absolute atomic E-state index is 5.43. The number of likely N-dealkylation sites (N-methyl/N-ethyl adjacent to an activating group) is 1. The lowest BCUT2D eigenvalue weighted by Gasteiger charge is -2.15. The van der Waals surface area contributed by atoms with Crippen LogP contribution < -0.4 is 22.1 Å². The number of hydrogen-bond acceptors (Lipinski definition) is 5. The van der Waals surface area contributed by atoms with Gasteiger partial charge in [-0.15, -0.1) is 0 Å². The molecule has 0 aliphatic carbocycles. The fraction of sp³-hybridized carbons (Fsp3) is 1.00. The van der Waals surface area contributed by atoms with Crippen LogP contribution in [0.15, 0.2) is 0 Å². The summed E-state index contributed by atoms with van der Waals surface area (Å²) in [5.74, 6) is 0. The number of nitrogens with zero attached hydrogens (tertiary/aromatic N) is 1. The summed E-state index contributed by atoms with van der Waals surface area (Å²) in [4.78, 5) is 2.22. The lowest BCUT2D eigenvalue weighted by atomic mass is 10.5. The lowest BCUT2D eigenvalue weighted by Crippen LogP contribution is -2.36. The SMILES string of the molecule is CN(CCN)CCNCCNCCN. The van der Waals surface area contributed by atoms with E-state index < -0.39 is 0 Å². The highest BCUT2D eigenvalue weighted by molar-refractivity contribution is 4.56. The van der Waals surface area contributed by atoms with Gasteiger partial charge < -0.3 is 27.0 Å². The first-order valence-corrected chi connectivity index (χ1v) is 5.31. The molecule has 0 fully saturated rings. The van der Waals surface area contributed by atoms with E-state index >= 15 is 0 Å². The van der Waals surface area contributed by atoms with Gasteiger partial charge in [-0.25, -0.2) is 0 Å². The Morgan fingerprint density at radius 1 is 0.857 bits per heavy atom. The van der Waals surface area contributed by atoms with Crippen LogP contribution in [0.3, 0.4) is 0 Å². The molecule has 0 saturated carbocycles. The average molecular weight is 203 g/mol. The molecule has 5 nitrogen and oxygen atoms in total. The van der Waals surface area contributed by atoms with Crippen molar-refractivity contribution in [3.05, 3.63) is 0 Å². The maximum atomic E-state index is 5.43. The highest BCUT2D eigenvalue weighted by atomic mass is 15.1. The molecule has 5 heteroatoms. The molecule has 0 amide bonds. The highest BCUT2D eigenvalue weighted by Crippen LogP contribution is 1.76. The van der Waals surface area contributed by atoms with E-state index in [1.807, 2.05) is 0 Å². The number of hydrogen-bond donors (Lipinski definition) is 4. The molecule has 0 radical (unpaired) electrons. The van der Waals surface area contributed by atoms with Gasteiger partial charge in [-0.3, -0.25) is 0 Å². The largest absolute Gasteiger partial charge is 0.329 e. The van der Waals surface area contributed by atoms with E-state index in [1.165, 1.54) is 0 Å². The molecule has 0 aromatic heterocycles. The second-order valence-electron chi connectivity index (χ2n) is 3.38. The van der Waals surface area contributed by atoms with Crippen molar-refractivity contribution in [3.8, 4) is 0 Å². The minimum atomic E-state index is 0.708. The molecule has 0 rings (SSSR count). The summed E-state index contributed by atoms with van der Waals surface area (Å²) in [5.41, 5.74) is 10.8. The van der Waals surface area contributed by atoms with Gasteiger partial charge in [0.05, 0.1) is 0 Å². The van der Waals surface area contributed by atoms with Gasteiger partial charge in [-0.05, 0) is 7.05 Å². The van der Waals surface area contributed by atoms with Crippen molar-refractivity contribution in [2.45, 2.75) is 0 Å². The second-order valence-corrected chi connectivity index (χ2v) is 3.38. The predicted molar refractivity (Wildman–Crippen MR) is 61.3 cm³/mol. The van der Waals surface area contributed by atoms with E-state index in [4.69, 9.17) is 11.5 Å². The summed E-state index contributed by atoms with van der Waals surface area (Å²) < 4.78 is 0. The van der Waals surface area contributed by atoms with E-state index in [0.29, 0.717) is 6.54 Å². The summed E-state index contributed by atoms with van der Waals surface area (Å²) >= 11 is 0. The first-order valence-electron chi connectivity index (χ1n) is 5.31. The van der Waals surface area contributed by atoms with Crippen LogP contribution in [0.5, 0.6) is 0 Å². The second kappa shape index (κ2) is 10.9. The van der Waals surface area contributed by atoms with Gasteiger partial charge in [0.1, 0.15) is 0 Å². The highest BCUT2D eigenvalue weighted by Gasteiger charge is 1.94. The molecular formula is C9H25N5. The average Bonchev–Trinajstić information content (AvgIpc) is 2.17. The van der Waals surface area contributed by atoms with Crippen LogP contribution in [0, 0.1) is 0 Å². The molecule has 0 saturated heterocycles. The molecule has 6 N–H and O–H groups in total. The molecular weight excluding hydrogens is 178 g/mol. The molecule has 0 spiro atoms. The Balaban J connectivity index is 2.98. The predicted octanol–water partition coefficient (Wildman–Crippen LogP) is -1.99. The van der Waals surface area contributed by atoms with Crippen LogP contribution in [0.2, 0.25) is 0 Å². The van der Waals surface area contributed by atoms with Crippen LogP contribution in [0.4, 0.5) is 0 Å². The quantitative estimate of drug-likeness (QED) is 0.309. The third kappa shape index (κ3) is 9.88. The molecule has 14 heavy (non-hydrogen) atoms. The van der Waals surface area contributed by atoms with Crippen LogP contribution >= 0.6 is 0 Å². The van der Waals surface area contributed by atoms with E-state index in [2.05, 4.69) is 22.6 Å². The van der Waals surface area contributed by atoms with Gasteiger partial charge in [0, 0.05) is 52.4 Å². The van der Waals surface area contributed by atoms with Gasteiger partial charge in [-0.2, -0.15) is 0 Å². The van der Waals surface area contributed by atoms with Crippen molar-refractivity contribution in [2.75, 3.05) is 59.4 Å². The van der Waals surface area contributed by atoms with Crippen molar-refractivity contribution < 1.29 is 0 Å². The zero-order valence-electron chi connectivity index (χ0n) is 9.26. The molecule has 0 aliphatic rings. The zero-order chi connectivity index (χ0) is 10.6. The van der Waals surface area contributed by atoms with Crippen molar-refractivity contribution in [3.63, 3.8) is 0 Å². The molecule has 86 valence electrons. The van der Waals surface area contributed by atoms with Crippen LogP contribution in [-0.4, -0.2) is 64.3 Å². The fourth-order valence-corrected chi connectivity index (χ4v) is 1.13. The molecule has 0 heterocycles. The van der Waals surface area contributed by atoms with E-state index in [9.17, 15) is 0 Å². The summed E-state index contributed by atoms with van der Waals surface area (Å²) in [7, 11) is 2.08. The first-order chi connectivity index (χ1) is 6.81. The first kappa shape index (κ1) is 13.8. The summed E-state index contributed by atoms with van der Waals surface area (Å²) in [6.45, 7) is 7.35. The number of rotatable bonds is 10. The van der Waals surface area contributed by atoms with Gasteiger partial charge in [0.25, 0.3) is 0 Å². The van der Waals surface area contributed by atoms with Crippen molar-refractivity contribution in [2.24, 2.45) is 11.5 Å². The van der Waals surface area contributed by atoms with Crippen LogP contribution in [-0.2, 0) is 0 Å². The van der Waals surface area contributed by atoms with Gasteiger partial charge in [0.15, 0.2) is 0 Å². The van der Waals surface area contributed by atoms with Gasteiger partial charge in [-0.1, -0.05) is 0 Å². The molecule has 0 aliphatic heterocycles. The van der Waals surface area contributed by atoms with Crippen LogP contribution in [0.25, 0.3) is 0 Å². The molecule has 0 bridgehead atoms. The minimum Gasteiger partial charge on any atom is -0.329 e.